The lowest BCUT2D eigenvalue weighted by molar-refractivity contribution is 0.0698. The third-order valence-electron chi connectivity index (χ3n) is 6.88. The Balaban J connectivity index is 0.000000189. The van der Waals surface area contributed by atoms with Crippen LogP contribution >= 0.6 is 45.2 Å². The molecule has 0 aliphatic carbocycles. The average Bonchev–Trinajstić information content (AvgIpc) is 3.55. The number of halogens is 2. The van der Waals surface area contributed by atoms with Gasteiger partial charge in [-0.3, -0.25) is 9.52 Å². The fraction of sp³-hybridized carbons (Fsp3) is 0.125. The predicted octanol–water partition coefficient (Wildman–Crippen LogP) is 6.83. The third-order valence-corrected chi connectivity index (χ3v) is 9.13. The Morgan fingerprint density at radius 1 is 0.809 bits per heavy atom. The normalized spacial score (nSPS) is 11.3. The van der Waals surface area contributed by atoms with E-state index >= 15 is 0 Å². The van der Waals surface area contributed by atoms with Gasteiger partial charge in [0.25, 0.3) is 5.91 Å². The van der Waals surface area contributed by atoms with Gasteiger partial charge in [-0.2, -0.15) is 9.97 Å². The molecule has 15 heteroatoms. The first-order valence-corrected chi connectivity index (χ1v) is 17.8. The number of nitrogens with one attached hydrogen (secondary N) is 2. The van der Waals surface area contributed by atoms with E-state index in [1.165, 1.54) is 7.05 Å². The number of aryl methyl sites for hydroxylation is 2. The largest absolute Gasteiger partial charge is 0.478 e. The standard InChI is InChI=1S/C17H16IN3O4S.C15H11IN2O3/c1-9-4-6-10(7-5-9)14-13(16(22)19-2)11-8-12(18)15(20-17(11)25-14)21-26(3,23)24;1-7-2-4-8(5-3-7)12-11(15(19)20)9-6-10(16)13(17)18-14(9)21-12/h4-8H,1-3H3,(H,19,22)(H,20,21);2-6H,1H3,(H2,17,18)(H,19,20). The lowest BCUT2D eigenvalue weighted by Crippen LogP contribution is -2.18. The van der Waals surface area contributed by atoms with Crippen LogP contribution in [-0.2, 0) is 10.0 Å². The minimum absolute atomic E-state index is 0.110. The summed E-state index contributed by atoms with van der Waals surface area (Å²) >= 11 is 3.98. The van der Waals surface area contributed by atoms with Gasteiger partial charge >= 0.3 is 5.97 Å². The zero-order valence-corrected chi connectivity index (χ0v) is 30.4. The van der Waals surface area contributed by atoms with Crippen molar-refractivity contribution in [3.8, 4) is 22.6 Å². The molecule has 242 valence electrons. The van der Waals surface area contributed by atoms with Crippen molar-refractivity contribution < 1.29 is 31.9 Å². The van der Waals surface area contributed by atoms with E-state index in [1.54, 1.807) is 12.1 Å². The fourth-order valence-corrected chi connectivity index (χ4v) is 6.33. The van der Waals surface area contributed by atoms with Gasteiger partial charge in [-0.05, 0) is 71.2 Å². The summed E-state index contributed by atoms with van der Waals surface area (Å²) in [6.45, 7) is 3.93. The summed E-state index contributed by atoms with van der Waals surface area (Å²) in [5, 5.41) is 13.1. The third kappa shape index (κ3) is 7.36. The van der Waals surface area contributed by atoms with Crippen LogP contribution in [0.2, 0.25) is 0 Å². The molecule has 0 saturated heterocycles. The first-order valence-electron chi connectivity index (χ1n) is 13.8. The molecule has 0 radical (unpaired) electrons. The highest BCUT2D eigenvalue weighted by Crippen LogP contribution is 2.36. The number of nitrogens with zero attached hydrogens (tertiary/aromatic N) is 2. The number of benzene rings is 2. The van der Waals surface area contributed by atoms with Gasteiger partial charge in [0.2, 0.25) is 21.5 Å². The minimum Gasteiger partial charge on any atom is -0.478 e. The van der Waals surface area contributed by atoms with Crippen LogP contribution in [0.3, 0.4) is 0 Å². The number of carbonyl (C=O) groups is 2. The smallest absolute Gasteiger partial charge is 0.340 e. The molecule has 4 aromatic heterocycles. The quantitative estimate of drug-likeness (QED) is 0.129. The SMILES string of the molecule is CNC(=O)c1c(-c2ccc(C)cc2)oc2nc(NS(C)(=O)=O)c(I)cc12.Cc1ccc(-c2oc3nc(N)c(I)cc3c2C(=O)O)cc1. The monoisotopic (exact) mass is 879 g/mol. The van der Waals surface area contributed by atoms with E-state index < -0.39 is 16.0 Å². The van der Waals surface area contributed by atoms with Crippen molar-refractivity contribution >= 4 is 101 Å². The molecule has 0 saturated carbocycles. The van der Waals surface area contributed by atoms with E-state index in [9.17, 15) is 23.1 Å². The lowest BCUT2D eigenvalue weighted by Gasteiger charge is -2.05. The number of fused-ring (bicyclic) bond motifs is 2. The molecular formula is C32H27I2N5O7S. The topological polar surface area (TPSA) is 191 Å². The summed E-state index contributed by atoms with van der Waals surface area (Å²) in [6, 6.07) is 18.4. The van der Waals surface area contributed by atoms with Crippen molar-refractivity contribution in [1.29, 1.82) is 0 Å². The van der Waals surface area contributed by atoms with Crippen LogP contribution in [0.5, 0.6) is 0 Å². The number of anilines is 2. The first kappa shape index (κ1) is 34.1. The number of carbonyl (C=O) groups excluding carboxylic acids is 1. The molecule has 0 unspecified atom stereocenters. The molecule has 6 aromatic rings. The van der Waals surface area contributed by atoms with E-state index in [1.807, 2.05) is 108 Å². The Hall–Kier alpha value is -4.23. The number of amides is 1. The predicted molar refractivity (Wildman–Crippen MR) is 197 cm³/mol. The number of aromatic carboxylic acids is 1. The molecular weight excluding hydrogens is 852 g/mol. The second kappa shape index (κ2) is 13.5. The Bertz CT molecular complexity index is 2280. The van der Waals surface area contributed by atoms with Crippen molar-refractivity contribution in [3.05, 3.63) is 90.1 Å². The number of aromatic nitrogens is 2. The molecule has 0 fully saturated rings. The molecule has 6 rings (SSSR count). The van der Waals surface area contributed by atoms with Crippen LogP contribution in [-0.4, -0.2) is 48.7 Å². The molecule has 0 aliphatic rings. The summed E-state index contributed by atoms with van der Waals surface area (Å²) in [7, 11) is -1.95. The zero-order chi connectivity index (χ0) is 34.2. The maximum atomic E-state index is 12.5. The number of nitrogens with two attached hydrogens (primary N) is 1. The first-order chi connectivity index (χ1) is 22.2. The molecule has 2 aromatic carbocycles. The Morgan fingerprint density at radius 3 is 1.77 bits per heavy atom. The van der Waals surface area contributed by atoms with Crippen LogP contribution in [0.1, 0.15) is 31.8 Å². The van der Waals surface area contributed by atoms with Crippen molar-refractivity contribution in [2.24, 2.45) is 0 Å². The van der Waals surface area contributed by atoms with Gasteiger partial charge in [0.1, 0.15) is 17.1 Å². The highest BCUT2D eigenvalue weighted by atomic mass is 127. The second-order valence-electron chi connectivity index (χ2n) is 10.5. The summed E-state index contributed by atoms with van der Waals surface area (Å²) in [5.74, 6) is -0.185. The van der Waals surface area contributed by atoms with Gasteiger partial charge < -0.3 is 25.0 Å². The Kier molecular flexibility index (Phi) is 9.78. The number of hydrogen-bond donors (Lipinski definition) is 4. The van der Waals surface area contributed by atoms with Crippen molar-refractivity contribution in [3.63, 3.8) is 0 Å². The Labute approximate surface area is 296 Å². The molecule has 12 nitrogen and oxygen atoms in total. The van der Waals surface area contributed by atoms with Crippen molar-refractivity contribution in [1.82, 2.24) is 15.3 Å². The van der Waals surface area contributed by atoms with Crippen molar-refractivity contribution in [2.45, 2.75) is 13.8 Å². The van der Waals surface area contributed by atoms with Crippen molar-refractivity contribution in [2.75, 3.05) is 23.8 Å². The molecule has 5 N–H and O–H groups in total. The number of rotatable bonds is 6. The maximum Gasteiger partial charge on any atom is 0.340 e. The van der Waals surface area contributed by atoms with Gasteiger partial charge in [-0.15, -0.1) is 0 Å². The van der Waals surface area contributed by atoms with Crippen LogP contribution in [0, 0.1) is 21.0 Å². The average molecular weight is 879 g/mol. The molecule has 0 atom stereocenters. The summed E-state index contributed by atoms with van der Waals surface area (Å²) in [5.41, 5.74) is 10.3. The number of furan rings is 2. The number of nitrogen functional groups attached to an aromatic ring is 1. The Morgan fingerprint density at radius 2 is 1.28 bits per heavy atom. The molecule has 1 amide bonds. The van der Waals surface area contributed by atoms with Gasteiger partial charge in [0.15, 0.2) is 11.6 Å². The summed E-state index contributed by atoms with van der Waals surface area (Å²) in [6.07, 6.45) is 1.05. The highest BCUT2D eigenvalue weighted by Gasteiger charge is 2.25. The molecule has 0 bridgehead atoms. The molecule has 47 heavy (non-hydrogen) atoms. The molecule has 4 heterocycles. The molecule has 0 spiro atoms. The number of carboxylic acids is 1. The van der Waals surface area contributed by atoms with E-state index in [0.29, 0.717) is 46.4 Å². The number of hydrogen-bond acceptors (Lipinski definition) is 9. The lowest BCUT2D eigenvalue weighted by atomic mass is 10.0. The van der Waals surface area contributed by atoms with E-state index in [4.69, 9.17) is 14.6 Å². The molecule has 0 aliphatic heterocycles. The van der Waals surface area contributed by atoms with Gasteiger partial charge in [-0.1, -0.05) is 59.7 Å². The van der Waals surface area contributed by atoms with E-state index in [-0.39, 0.29) is 28.7 Å². The van der Waals surface area contributed by atoms with Crippen LogP contribution in [0.15, 0.2) is 69.5 Å². The van der Waals surface area contributed by atoms with Gasteiger partial charge in [-0.25, -0.2) is 13.2 Å². The van der Waals surface area contributed by atoms with Crippen LogP contribution in [0.4, 0.5) is 11.6 Å². The van der Waals surface area contributed by atoms with E-state index in [0.717, 1.165) is 22.9 Å². The van der Waals surface area contributed by atoms with Crippen LogP contribution in [0.25, 0.3) is 44.8 Å². The number of carboxylic acid groups (broad SMARTS) is 1. The fourth-order valence-electron chi connectivity index (χ4n) is 4.64. The van der Waals surface area contributed by atoms with Crippen LogP contribution < -0.4 is 15.8 Å². The highest BCUT2D eigenvalue weighted by molar-refractivity contribution is 14.1. The second-order valence-corrected chi connectivity index (χ2v) is 14.6. The maximum absolute atomic E-state index is 12.5. The number of sulfonamides is 1. The summed E-state index contributed by atoms with van der Waals surface area (Å²) in [4.78, 5) is 32.5. The van der Waals surface area contributed by atoms with E-state index in [2.05, 4.69) is 20.0 Å². The van der Waals surface area contributed by atoms with Gasteiger partial charge in [0.05, 0.1) is 29.7 Å². The number of pyridine rings is 2. The van der Waals surface area contributed by atoms with Gasteiger partial charge in [0, 0.05) is 18.2 Å². The zero-order valence-electron chi connectivity index (χ0n) is 25.3. The minimum atomic E-state index is -3.49. The summed E-state index contributed by atoms with van der Waals surface area (Å²) < 4.78 is 38.1.